The van der Waals surface area contributed by atoms with Crippen LogP contribution in [0.4, 0.5) is 5.82 Å². The molecule has 3 aromatic heterocycles. The smallest absolute Gasteiger partial charge is 0.279 e. The van der Waals surface area contributed by atoms with Gasteiger partial charge in [-0.3, -0.25) is 14.6 Å². The second kappa shape index (κ2) is 8.26. The minimum atomic E-state index is -0.438. The van der Waals surface area contributed by atoms with Crippen molar-refractivity contribution in [2.24, 2.45) is 0 Å². The molecule has 5 rings (SSSR count). The molecule has 3 heterocycles. The number of hydrogen-bond acceptors (Lipinski definition) is 6. The number of hydrogen-bond donors (Lipinski definition) is 2. The van der Waals surface area contributed by atoms with Crippen molar-refractivity contribution in [1.82, 2.24) is 24.9 Å². The van der Waals surface area contributed by atoms with Gasteiger partial charge in [0.2, 0.25) is 5.95 Å². The molecule has 0 spiro atoms. The normalized spacial score (nSPS) is 13.3. The summed E-state index contributed by atoms with van der Waals surface area (Å²) in [6.07, 6.45) is 3.64. The number of benzene rings is 1. The highest BCUT2D eigenvalue weighted by atomic mass is 16.5. The Morgan fingerprint density at radius 2 is 2.03 bits per heavy atom. The lowest BCUT2D eigenvalue weighted by atomic mass is 10.1. The van der Waals surface area contributed by atoms with Crippen molar-refractivity contribution in [2.45, 2.75) is 38.5 Å². The van der Waals surface area contributed by atoms with E-state index in [1.165, 1.54) is 10.7 Å². The Bertz CT molecular complexity index is 1320. The summed E-state index contributed by atoms with van der Waals surface area (Å²) in [6, 6.07) is 14.3. The number of aryl methyl sites for hydroxylation is 1. The van der Waals surface area contributed by atoms with Gasteiger partial charge in [-0.05, 0) is 19.3 Å². The van der Waals surface area contributed by atoms with Crippen LogP contribution in [0.25, 0.3) is 17.3 Å². The Balaban J connectivity index is 1.46. The molecule has 0 aliphatic heterocycles. The molecule has 1 aromatic carbocycles. The molecule has 9 nitrogen and oxygen atoms in total. The third-order valence-electron chi connectivity index (χ3n) is 5.26. The molecule has 32 heavy (non-hydrogen) atoms. The van der Waals surface area contributed by atoms with Gasteiger partial charge in [-0.25, -0.2) is 4.98 Å². The SMILES string of the molecule is CCCc1cc(=O)[nH]c(-n2nc(C3CC3)cc2NC(=O)c2cc(-c3ccccc3)on2)n1. The minimum absolute atomic E-state index is 0.144. The number of nitrogens with zero attached hydrogens (tertiary/aromatic N) is 4. The summed E-state index contributed by atoms with van der Waals surface area (Å²) in [5.41, 5.74) is 2.24. The van der Waals surface area contributed by atoms with Crippen LogP contribution in [0, 0.1) is 0 Å². The highest BCUT2D eigenvalue weighted by molar-refractivity contribution is 6.03. The second-order valence-electron chi connectivity index (χ2n) is 7.85. The maximum absolute atomic E-state index is 12.9. The summed E-state index contributed by atoms with van der Waals surface area (Å²) < 4.78 is 6.82. The average molecular weight is 430 g/mol. The third kappa shape index (κ3) is 4.09. The van der Waals surface area contributed by atoms with Crippen LogP contribution >= 0.6 is 0 Å². The fraction of sp³-hybridized carbons (Fsp3) is 0.261. The van der Waals surface area contributed by atoms with E-state index in [1.54, 1.807) is 6.07 Å². The van der Waals surface area contributed by atoms with Crippen molar-refractivity contribution in [1.29, 1.82) is 0 Å². The zero-order valence-corrected chi connectivity index (χ0v) is 17.5. The molecule has 0 atom stereocenters. The molecule has 0 saturated heterocycles. The molecule has 4 aromatic rings. The number of nitrogens with one attached hydrogen (secondary N) is 2. The van der Waals surface area contributed by atoms with Crippen LogP contribution in [0.5, 0.6) is 0 Å². The Labute approximate surface area is 183 Å². The summed E-state index contributed by atoms with van der Waals surface area (Å²) in [5.74, 6) is 1.10. The molecule has 162 valence electrons. The van der Waals surface area contributed by atoms with Crippen molar-refractivity contribution >= 4 is 11.7 Å². The van der Waals surface area contributed by atoms with Gasteiger partial charge in [0.25, 0.3) is 11.5 Å². The zero-order valence-electron chi connectivity index (χ0n) is 17.5. The lowest BCUT2D eigenvalue weighted by Crippen LogP contribution is -2.19. The number of amides is 1. The lowest BCUT2D eigenvalue weighted by Gasteiger charge is -2.08. The summed E-state index contributed by atoms with van der Waals surface area (Å²) >= 11 is 0. The fourth-order valence-corrected chi connectivity index (χ4v) is 3.51. The number of anilines is 1. The van der Waals surface area contributed by atoms with Crippen LogP contribution < -0.4 is 10.9 Å². The average Bonchev–Trinajstić information content (AvgIpc) is 3.36. The predicted octanol–water partition coefficient (Wildman–Crippen LogP) is 3.69. The molecule has 9 heteroatoms. The van der Waals surface area contributed by atoms with E-state index in [0.717, 1.165) is 30.5 Å². The highest BCUT2D eigenvalue weighted by Gasteiger charge is 2.29. The highest BCUT2D eigenvalue weighted by Crippen LogP contribution is 2.40. The predicted molar refractivity (Wildman–Crippen MR) is 118 cm³/mol. The van der Waals surface area contributed by atoms with Gasteiger partial charge >= 0.3 is 0 Å². The molecule has 1 amide bonds. The van der Waals surface area contributed by atoms with Gasteiger partial charge in [0.1, 0.15) is 5.82 Å². The number of carbonyl (C=O) groups excluding carboxylic acids is 1. The molecule has 1 saturated carbocycles. The Kier molecular flexibility index (Phi) is 5.14. The molecule has 1 fully saturated rings. The molecule has 0 bridgehead atoms. The van der Waals surface area contributed by atoms with Gasteiger partial charge in [-0.2, -0.15) is 9.78 Å². The number of aromatic amines is 1. The molecule has 1 aliphatic rings. The Hall–Kier alpha value is -4.01. The first-order valence-corrected chi connectivity index (χ1v) is 10.6. The molecular weight excluding hydrogens is 408 g/mol. The molecule has 1 aliphatic carbocycles. The van der Waals surface area contributed by atoms with E-state index in [-0.39, 0.29) is 17.2 Å². The van der Waals surface area contributed by atoms with Crippen LogP contribution in [0.3, 0.4) is 0 Å². The lowest BCUT2D eigenvalue weighted by molar-refractivity contribution is 0.101. The second-order valence-corrected chi connectivity index (χ2v) is 7.85. The van der Waals surface area contributed by atoms with E-state index in [0.29, 0.717) is 29.6 Å². The van der Waals surface area contributed by atoms with E-state index >= 15 is 0 Å². The van der Waals surface area contributed by atoms with Gasteiger partial charge in [-0.1, -0.05) is 48.8 Å². The zero-order chi connectivity index (χ0) is 22.1. The standard InChI is InChI=1S/C23H22N6O3/c1-2-6-16-11-21(30)26-23(24-16)29-20(13-17(27-29)14-9-10-14)25-22(31)18-12-19(32-28-18)15-7-4-3-5-8-15/h3-5,7-8,11-14H,2,6,9-10H2,1H3,(H,25,31)(H,24,26,30). The number of carbonyl (C=O) groups is 1. The first kappa shape index (κ1) is 19.9. The van der Waals surface area contributed by atoms with Crippen molar-refractivity contribution in [2.75, 3.05) is 5.32 Å². The van der Waals surface area contributed by atoms with E-state index < -0.39 is 5.91 Å². The summed E-state index contributed by atoms with van der Waals surface area (Å²) in [7, 11) is 0. The van der Waals surface area contributed by atoms with E-state index in [2.05, 4.69) is 25.5 Å². The first-order chi connectivity index (χ1) is 15.6. The van der Waals surface area contributed by atoms with E-state index in [1.807, 2.05) is 43.3 Å². The number of H-pyrrole nitrogens is 1. The first-order valence-electron chi connectivity index (χ1n) is 10.6. The Morgan fingerprint density at radius 3 is 2.78 bits per heavy atom. The largest absolute Gasteiger partial charge is 0.355 e. The fourth-order valence-electron chi connectivity index (χ4n) is 3.51. The van der Waals surface area contributed by atoms with Gasteiger partial charge in [0, 0.05) is 35.4 Å². The summed E-state index contributed by atoms with van der Waals surface area (Å²) in [5, 5.41) is 11.4. The molecule has 0 radical (unpaired) electrons. The van der Waals surface area contributed by atoms with Crippen LogP contribution in [0.15, 0.2) is 57.8 Å². The third-order valence-corrected chi connectivity index (χ3v) is 5.26. The molecular formula is C23H22N6O3. The van der Waals surface area contributed by atoms with Crippen LogP contribution in [-0.4, -0.2) is 30.8 Å². The molecule has 0 unspecified atom stereocenters. The number of aromatic nitrogens is 5. The van der Waals surface area contributed by atoms with Gasteiger partial charge in [0.15, 0.2) is 11.5 Å². The topological polar surface area (TPSA) is 119 Å². The Morgan fingerprint density at radius 1 is 1.22 bits per heavy atom. The monoisotopic (exact) mass is 430 g/mol. The van der Waals surface area contributed by atoms with E-state index in [9.17, 15) is 9.59 Å². The van der Waals surface area contributed by atoms with Crippen molar-refractivity contribution < 1.29 is 9.32 Å². The minimum Gasteiger partial charge on any atom is -0.355 e. The van der Waals surface area contributed by atoms with Crippen molar-refractivity contribution in [3.63, 3.8) is 0 Å². The van der Waals surface area contributed by atoms with E-state index in [4.69, 9.17) is 4.52 Å². The maximum atomic E-state index is 12.9. The molecule has 2 N–H and O–H groups in total. The van der Waals surface area contributed by atoms with Crippen molar-refractivity contribution in [3.8, 4) is 17.3 Å². The van der Waals surface area contributed by atoms with Gasteiger partial charge in [-0.15, -0.1) is 0 Å². The summed E-state index contributed by atoms with van der Waals surface area (Å²) in [4.78, 5) is 32.3. The van der Waals surface area contributed by atoms with Crippen LogP contribution in [0.1, 0.15) is 54.0 Å². The van der Waals surface area contributed by atoms with Crippen molar-refractivity contribution in [3.05, 3.63) is 76.0 Å². The quantitative estimate of drug-likeness (QED) is 0.462. The van der Waals surface area contributed by atoms with Crippen LogP contribution in [0.2, 0.25) is 0 Å². The number of rotatable bonds is 7. The maximum Gasteiger partial charge on any atom is 0.279 e. The van der Waals surface area contributed by atoms with Gasteiger partial charge in [0.05, 0.1) is 5.69 Å². The van der Waals surface area contributed by atoms with Crippen LogP contribution in [-0.2, 0) is 6.42 Å². The van der Waals surface area contributed by atoms with Gasteiger partial charge < -0.3 is 9.84 Å². The summed E-state index contributed by atoms with van der Waals surface area (Å²) in [6.45, 7) is 2.02.